The fraction of sp³-hybridized carbons (Fsp3) is 0.571. The number of benzene rings is 1. The molecular formula is C21H24O4. The first-order chi connectivity index (χ1) is 11.5. The van der Waals surface area contributed by atoms with Gasteiger partial charge < -0.3 is 14.9 Å². The van der Waals surface area contributed by atoms with Gasteiger partial charge in [0.2, 0.25) is 0 Å². The van der Waals surface area contributed by atoms with Gasteiger partial charge in [0.05, 0.1) is 11.2 Å². The van der Waals surface area contributed by atoms with Crippen molar-refractivity contribution in [3.8, 4) is 0 Å². The zero-order valence-electron chi connectivity index (χ0n) is 15.1. The van der Waals surface area contributed by atoms with Crippen LogP contribution in [0.1, 0.15) is 72.6 Å². The molecule has 1 aromatic rings. The molecule has 0 unspecified atom stereocenters. The van der Waals surface area contributed by atoms with Crippen LogP contribution in [0.3, 0.4) is 0 Å². The third-order valence-electron chi connectivity index (χ3n) is 7.38. The molecule has 4 nitrogen and oxygen atoms in total. The van der Waals surface area contributed by atoms with Gasteiger partial charge in [0.1, 0.15) is 12.2 Å². The average molecular weight is 340 g/mol. The lowest BCUT2D eigenvalue weighted by Gasteiger charge is -2.71. The van der Waals surface area contributed by atoms with Crippen LogP contribution >= 0.6 is 0 Å². The topological polar surface area (TPSA) is 66.8 Å². The summed E-state index contributed by atoms with van der Waals surface area (Å²) >= 11 is 0. The maximum atomic E-state index is 12.3. The highest BCUT2D eigenvalue weighted by Gasteiger charge is 2.72. The summed E-state index contributed by atoms with van der Waals surface area (Å²) in [6, 6.07) is 1.99. The summed E-state index contributed by atoms with van der Waals surface area (Å²) in [6.07, 6.45) is 0.922. The Balaban J connectivity index is 1.84. The molecule has 4 atom stereocenters. The molecule has 2 N–H and O–H groups in total. The number of esters is 1. The van der Waals surface area contributed by atoms with Crippen molar-refractivity contribution in [2.24, 2.45) is 17.3 Å². The van der Waals surface area contributed by atoms with Crippen molar-refractivity contribution in [2.75, 3.05) is 0 Å². The third-order valence-corrected chi connectivity index (χ3v) is 7.38. The van der Waals surface area contributed by atoms with E-state index >= 15 is 0 Å². The van der Waals surface area contributed by atoms with E-state index in [9.17, 15) is 15.0 Å². The molecule has 6 rings (SSSR count). The van der Waals surface area contributed by atoms with Crippen LogP contribution in [-0.4, -0.2) is 16.2 Å². The van der Waals surface area contributed by atoms with Crippen molar-refractivity contribution in [1.82, 2.24) is 0 Å². The molecular weight excluding hydrogens is 316 g/mol. The van der Waals surface area contributed by atoms with Gasteiger partial charge in [0.15, 0.2) is 0 Å². The predicted molar refractivity (Wildman–Crippen MR) is 92.0 cm³/mol. The molecule has 0 spiro atoms. The number of rotatable bonds is 1. The Hall–Kier alpha value is -1.65. The highest BCUT2D eigenvalue weighted by Crippen LogP contribution is 2.76. The van der Waals surface area contributed by atoms with Gasteiger partial charge in [-0.15, -0.1) is 0 Å². The van der Waals surface area contributed by atoms with Gasteiger partial charge in [-0.25, -0.2) is 4.79 Å². The normalized spacial score (nSPS) is 36.6. The molecule has 1 heterocycles. The van der Waals surface area contributed by atoms with Gasteiger partial charge >= 0.3 is 5.97 Å². The van der Waals surface area contributed by atoms with Crippen molar-refractivity contribution >= 4 is 5.97 Å². The minimum atomic E-state index is -1.23. The summed E-state index contributed by atoms with van der Waals surface area (Å²) in [5.74, 6) is 0.0426. The molecule has 4 aliphatic carbocycles. The Morgan fingerprint density at radius 1 is 1.36 bits per heavy atom. The molecule has 3 saturated carbocycles. The smallest absolute Gasteiger partial charge is 0.339 e. The maximum Gasteiger partial charge on any atom is 0.339 e. The molecule has 1 aliphatic heterocycles. The first-order valence-electron chi connectivity index (χ1n) is 9.02. The van der Waals surface area contributed by atoms with Gasteiger partial charge in [-0.1, -0.05) is 32.1 Å². The summed E-state index contributed by atoms with van der Waals surface area (Å²) in [5, 5.41) is 22.7. The van der Waals surface area contributed by atoms with Crippen LogP contribution in [0.15, 0.2) is 18.2 Å². The quantitative estimate of drug-likeness (QED) is 0.609. The second-order valence-corrected chi connectivity index (χ2v) is 9.38. The van der Waals surface area contributed by atoms with Gasteiger partial charge in [-0.2, -0.15) is 0 Å². The molecule has 2 bridgehead atoms. The fourth-order valence-corrected chi connectivity index (χ4v) is 6.26. The van der Waals surface area contributed by atoms with Gasteiger partial charge in [-0.05, 0) is 48.6 Å². The minimum Gasteiger partial charge on any atom is -0.457 e. The number of carbonyl (C=O) groups is 1. The van der Waals surface area contributed by atoms with E-state index in [0.29, 0.717) is 17.0 Å². The molecule has 5 aliphatic rings. The Kier molecular flexibility index (Phi) is 2.51. The zero-order valence-corrected chi connectivity index (χ0v) is 15.1. The number of hydrogen-bond donors (Lipinski definition) is 2. The SMILES string of the molecule is C=C1[C@H]2C[C@H](C2(C)C)[C@@]2(O)c3c(cc4c(c3C(C)(C)O)C(=O)OC4)[C@@H]12. The van der Waals surface area contributed by atoms with Gasteiger partial charge in [0.25, 0.3) is 0 Å². The van der Waals surface area contributed by atoms with Crippen molar-refractivity contribution in [3.63, 3.8) is 0 Å². The van der Waals surface area contributed by atoms with Gasteiger partial charge in [-0.3, -0.25) is 0 Å². The molecule has 0 radical (unpaired) electrons. The lowest BCUT2D eigenvalue weighted by Crippen LogP contribution is -2.68. The largest absolute Gasteiger partial charge is 0.457 e. The third kappa shape index (κ3) is 1.47. The number of hydrogen-bond acceptors (Lipinski definition) is 4. The predicted octanol–water partition coefficient (Wildman–Crippen LogP) is 3.10. The molecule has 4 heteroatoms. The second kappa shape index (κ2) is 4.02. The Bertz CT molecular complexity index is 873. The maximum absolute atomic E-state index is 12.3. The zero-order chi connectivity index (χ0) is 18.1. The van der Waals surface area contributed by atoms with E-state index in [4.69, 9.17) is 4.74 Å². The van der Waals surface area contributed by atoms with Crippen molar-refractivity contribution in [2.45, 2.75) is 57.8 Å². The Labute approximate surface area is 147 Å². The Morgan fingerprint density at radius 2 is 2.04 bits per heavy atom. The van der Waals surface area contributed by atoms with Crippen molar-refractivity contribution < 1.29 is 19.7 Å². The van der Waals surface area contributed by atoms with E-state index in [2.05, 4.69) is 20.4 Å². The van der Waals surface area contributed by atoms with Crippen LogP contribution in [0.25, 0.3) is 0 Å². The second-order valence-electron chi connectivity index (χ2n) is 9.38. The molecule has 0 aromatic heterocycles. The molecule has 0 saturated heterocycles. The van der Waals surface area contributed by atoms with Crippen LogP contribution < -0.4 is 0 Å². The molecule has 132 valence electrons. The fourth-order valence-electron chi connectivity index (χ4n) is 6.26. The number of cyclic esters (lactones) is 1. The van der Waals surface area contributed by atoms with Crippen molar-refractivity contribution in [1.29, 1.82) is 0 Å². The summed E-state index contributed by atoms with van der Waals surface area (Å²) in [7, 11) is 0. The van der Waals surface area contributed by atoms with E-state index in [-0.39, 0.29) is 23.9 Å². The molecule has 3 fully saturated rings. The molecule has 0 amide bonds. The van der Waals surface area contributed by atoms with E-state index in [1.807, 2.05) is 6.07 Å². The van der Waals surface area contributed by atoms with Crippen LogP contribution in [0.2, 0.25) is 0 Å². The monoisotopic (exact) mass is 340 g/mol. The molecule has 1 aromatic carbocycles. The average Bonchev–Trinajstić information content (AvgIpc) is 2.84. The highest BCUT2D eigenvalue weighted by atomic mass is 16.5. The lowest BCUT2D eigenvalue weighted by atomic mass is 9.34. The summed E-state index contributed by atoms with van der Waals surface area (Å²) in [4.78, 5) is 12.3. The van der Waals surface area contributed by atoms with E-state index < -0.39 is 17.2 Å². The molecule has 25 heavy (non-hydrogen) atoms. The first kappa shape index (κ1) is 15.6. The first-order valence-corrected chi connectivity index (χ1v) is 9.02. The Morgan fingerprint density at radius 3 is 2.64 bits per heavy atom. The number of aliphatic hydroxyl groups is 2. The summed E-state index contributed by atoms with van der Waals surface area (Å²) < 4.78 is 5.23. The van der Waals surface area contributed by atoms with Crippen LogP contribution in [-0.2, 0) is 22.5 Å². The number of carbonyl (C=O) groups excluding carboxylic acids is 1. The van der Waals surface area contributed by atoms with Gasteiger partial charge in [0, 0.05) is 17.0 Å². The minimum absolute atomic E-state index is 0.0174. The van der Waals surface area contributed by atoms with E-state index in [1.165, 1.54) is 0 Å². The van der Waals surface area contributed by atoms with E-state index in [1.54, 1.807) is 13.8 Å². The number of fused-ring (bicyclic) bond motifs is 2. The van der Waals surface area contributed by atoms with Crippen LogP contribution in [0, 0.1) is 17.3 Å². The highest BCUT2D eigenvalue weighted by molar-refractivity contribution is 5.96. The van der Waals surface area contributed by atoms with E-state index in [0.717, 1.165) is 28.7 Å². The summed E-state index contributed by atoms with van der Waals surface area (Å²) in [6.45, 7) is 12.3. The van der Waals surface area contributed by atoms with Crippen molar-refractivity contribution in [3.05, 3.63) is 46.0 Å². The van der Waals surface area contributed by atoms with Crippen LogP contribution in [0.4, 0.5) is 0 Å². The lowest BCUT2D eigenvalue weighted by molar-refractivity contribution is -0.209. The van der Waals surface area contributed by atoms with Crippen LogP contribution in [0.5, 0.6) is 0 Å². The standard InChI is InChI=1S/C21H24O4/c1-9-12-7-13(19(12,2)3)21(24)15(9)11-6-10-8-25-18(22)14(10)17(16(11)21)20(4,5)23/h6,12-13,15,23-24H,1,7-8H2,2-5H3/t12-,13-,15-,21+/m1/s1. The summed E-state index contributed by atoms with van der Waals surface area (Å²) in [5.41, 5.74) is 2.38. The number of ether oxygens (including phenoxy) is 1.